The standard InChI is InChI=1S/C21H27N5O2S/c1-25(18-7-8-18)21(27)23-16-5-3-15(4-6-16)20-22-17(14-29-2)13-19(24-20)26-9-11-28-12-10-26/h3-6,13,18H,7-12,14H2,1-2H3,(H,23,27). The highest BCUT2D eigenvalue weighted by atomic mass is 32.2. The number of hydrogen-bond acceptors (Lipinski definition) is 6. The summed E-state index contributed by atoms with van der Waals surface area (Å²) in [6.45, 7) is 3.13. The number of ether oxygens (including phenoxy) is 1. The van der Waals surface area contributed by atoms with Gasteiger partial charge in [0, 0.05) is 49.2 Å². The van der Waals surface area contributed by atoms with Gasteiger partial charge in [0.1, 0.15) is 5.82 Å². The summed E-state index contributed by atoms with van der Waals surface area (Å²) in [7, 11) is 1.85. The van der Waals surface area contributed by atoms with E-state index in [0.717, 1.165) is 67.7 Å². The average molecular weight is 414 g/mol. The van der Waals surface area contributed by atoms with Crippen LogP contribution in [-0.4, -0.2) is 66.5 Å². The summed E-state index contributed by atoms with van der Waals surface area (Å²) in [5, 5.41) is 2.96. The maximum absolute atomic E-state index is 12.3. The zero-order valence-corrected chi connectivity index (χ0v) is 17.7. The Morgan fingerprint density at radius 2 is 1.97 bits per heavy atom. The largest absolute Gasteiger partial charge is 0.378 e. The molecule has 2 aromatic rings. The topological polar surface area (TPSA) is 70.6 Å². The summed E-state index contributed by atoms with van der Waals surface area (Å²) in [6.07, 6.45) is 4.27. The molecular weight excluding hydrogens is 386 g/mol. The highest BCUT2D eigenvalue weighted by molar-refractivity contribution is 7.97. The zero-order chi connectivity index (χ0) is 20.2. The van der Waals surface area contributed by atoms with Crippen molar-refractivity contribution in [3.05, 3.63) is 36.0 Å². The second-order valence-electron chi connectivity index (χ2n) is 7.42. The normalized spacial score (nSPS) is 16.6. The highest BCUT2D eigenvalue weighted by Crippen LogP contribution is 2.27. The SMILES string of the molecule is CSCc1cc(N2CCOCC2)nc(-c2ccc(NC(=O)N(C)C3CC3)cc2)n1. The van der Waals surface area contributed by atoms with Crippen molar-refractivity contribution in [3.8, 4) is 11.4 Å². The number of rotatable bonds is 6. The molecule has 2 fully saturated rings. The Kier molecular flexibility index (Phi) is 6.20. The number of anilines is 2. The molecule has 2 aliphatic rings. The summed E-state index contributed by atoms with van der Waals surface area (Å²) in [5.74, 6) is 2.51. The number of hydrogen-bond donors (Lipinski definition) is 1. The van der Waals surface area contributed by atoms with Crippen LogP contribution in [0.4, 0.5) is 16.3 Å². The summed E-state index contributed by atoms with van der Waals surface area (Å²) < 4.78 is 5.47. The van der Waals surface area contributed by atoms with E-state index in [0.29, 0.717) is 11.9 Å². The first-order valence-electron chi connectivity index (χ1n) is 9.98. The number of nitrogens with zero attached hydrogens (tertiary/aromatic N) is 4. The van der Waals surface area contributed by atoms with Gasteiger partial charge in [0.05, 0.1) is 18.9 Å². The lowest BCUT2D eigenvalue weighted by Crippen LogP contribution is -2.37. The maximum Gasteiger partial charge on any atom is 0.321 e. The summed E-state index contributed by atoms with van der Waals surface area (Å²) in [4.78, 5) is 25.9. The molecule has 0 unspecified atom stereocenters. The van der Waals surface area contributed by atoms with Gasteiger partial charge in [-0.3, -0.25) is 0 Å². The Hall–Kier alpha value is -2.32. The quantitative estimate of drug-likeness (QED) is 0.782. The van der Waals surface area contributed by atoms with Crippen molar-refractivity contribution in [1.82, 2.24) is 14.9 Å². The Morgan fingerprint density at radius 3 is 2.62 bits per heavy atom. The number of thioether (sulfide) groups is 1. The van der Waals surface area contributed by atoms with Gasteiger partial charge >= 0.3 is 6.03 Å². The fourth-order valence-corrected chi connectivity index (χ4v) is 3.77. The number of carbonyl (C=O) groups is 1. The first kappa shape index (κ1) is 20.0. The van der Waals surface area contributed by atoms with E-state index in [4.69, 9.17) is 14.7 Å². The second-order valence-corrected chi connectivity index (χ2v) is 8.29. The molecule has 29 heavy (non-hydrogen) atoms. The van der Waals surface area contributed by atoms with Gasteiger partial charge < -0.3 is 19.9 Å². The fraction of sp³-hybridized carbons (Fsp3) is 0.476. The van der Waals surface area contributed by atoms with Crippen molar-refractivity contribution >= 4 is 29.3 Å². The van der Waals surface area contributed by atoms with E-state index in [1.807, 2.05) is 31.3 Å². The number of benzene rings is 1. The summed E-state index contributed by atoms with van der Waals surface area (Å²) in [6, 6.07) is 10.2. The molecule has 0 radical (unpaired) electrons. The number of aromatic nitrogens is 2. The minimum Gasteiger partial charge on any atom is -0.378 e. The van der Waals surface area contributed by atoms with Crippen LogP contribution in [0, 0.1) is 0 Å². The van der Waals surface area contributed by atoms with Crippen LogP contribution in [0.15, 0.2) is 30.3 Å². The average Bonchev–Trinajstić information content (AvgIpc) is 3.60. The van der Waals surface area contributed by atoms with Crippen LogP contribution < -0.4 is 10.2 Å². The number of amides is 2. The molecule has 2 heterocycles. The number of morpholine rings is 1. The Balaban J connectivity index is 1.53. The van der Waals surface area contributed by atoms with E-state index in [1.54, 1.807) is 16.7 Å². The third-order valence-electron chi connectivity index (χ3n) is 5.20. The van der Waals surface area contributed by atoms with Crippen LogP contribution in [0.5, 0.6) is 0 Å². The van der Waals surface area contributed by atoms with Gasteiger partial charge in [0.2, 0.25) is 0 Å². The van der Waals surface area contributed by atoms with Gasteiger partial charge in [-0.05, 0) is 43.4 Å². The van der Waals surface area contributed by atoms with Crippen molar-refractivity contribution < 1.29 is 9.53 Å². The fourth-order valence-electron chi connectivity index (χ4n) is 3.33. The first-order valence-corrected chi connectivity index (χ1v) is 11.4. The molecule has 7 nitrogen and oxygen atoms in total. The van der Waals surface area contributed by atoms with E-state index in [-0.39, 0.29) is 6.03 Å². The van der Waals surface area contributed by atoms with Crippen molar-refractivity contribution in [2.75, 3.05) is 49.8 Å². The van der Waals surface area contributed by atoms with E-state index >= 15 is 0 Å². The molecule has 1 aliphatic heterocycles. The molecule has 1 aromatic carbocycles. The van der Waals surface area contributed by atoms with Gasteiger partial charge in [-0.2, -0.15) is 11.8 Å². The predicted octanol–water partition coefficient (Wildman–Crippen LogP) is 3.47. The molecule has 154 valence electrons. The highest BCUT2D eigenvalue weighted by Gasteiger charge is 2.29. The van der Waals surface area contributed by atoms with Crippen LogP contribution in [0.25, 0.3) is 11.4 Å². The van der Waals surface area contributed by atoms with Gasteiger partial charge in [-0.25, -0.2) is 14.8 Å². The van der Waals surface area contributed by atoms with Gasteiger partial charge in [-0.1, -0.05) is 0 Å². The minimum atomic E-state index is -0.0620. The monoisotopic (exact) mass is 413 g/mol. The zero-order valence-electron chi connectivity index (χ0n) is 16.9. The van der Waals surface area contributed by atoms with Crippen LogP contribution in [-0.2, 0) is 10.5 Å². The Labute approximate surface area is 175 Å². The molecule has 1 aromatic heterocycles. The maximum atomic E-state index is 12.3. The summed E-state index contributed by atoms with van der Waals surface area (Å²) in [5.41, 5.74) is 2.74. The van der Waals surface area contributed by atoms with Crippen LogP contribution in [0.1, 0.15) is 18.5 Å². The lowest BCUT2D eigenvalue weighted by atomic mass is 10.2. The molecule has 8 heteroatoms. The van der Waals surface area contributed by atoms with Gasteiger partial charge in [0.15, 0.2) is 5.82 Å². The van der Waals surface area contributed by atoms with Crippen molar-refractivity contribution in [3.63, 3.8) is 0 Å². The minimum absolute atomic E-state index is 0.0620. The molecule has 0 spiro atoms. The molecular formula is C21H27N5O2S. The van der Waals surface area contributed by atoms with E-state index in [9.17, 15) is 4.79 Å². The van der Waals surface area contributed by atoms with Crippen molar-refractivity contribution in [2.24, 2.45) is 0 Å². The van der Waals surface area contributed by atoms with E-state index in [1.165, 1.54) is 0 Å². The molecule has 1 N–H and O–H groups in total. The first-order chi connectivity index (χ1) is 14.1. The molecule has 1 saturated heterocycles. The molecule has 1 saturated carbocycles. The lowest BCUT2D eigenvalue weighted by molar-refractivity contribution is 0.122. The smallest absolute Gasteiger partial charge is 0.321 e. The number of nitrogens with one attached hydrogen (secondary N) is 1. The van der Waals surface area contributed by atoms with Crippen LogP contribution >= 0.6 is 11.8 Å². The number of carbonyl (C=O) groups excluding carboxylic acids is 1. The van der Waals surface area contributed by atoms with Crippen LogP contribution in [0.3, 0.4) is 0 Å². The lowest BCUT2D eigenvalue weighted by Gasteiger charge is -2.28. The van der Waals surface area contributed by atoms with Crippen molar-refractivity contribution in [1.29, 1.82) is 0 Å². The molecule has 1 aliphatic carbocycles. The molecule has 2 amide bonds. The predicted molar refractivity (Wildman–Crippen MR) is 118 cm³/mol. The number of urea groups is 1. The third-order valence-corrected chi connectivity index (χ3v) is 5.79. The molecule has 4 rings (SSSR count). The van der Waals surface area contributed by atoms with Crippen LogP contribution in [0.2, 0.25) is 0 Å². The second kappa shape index (κ2) is 9.00. The molecule has 0 bridgehead atoms. The van der Waals surface area contributed by atoms with E-state index < -0.39 is 0 Å². The molecule has 0 atom stereocenters. The van der Waals surface area contributed by atoms with Crippen molar-refractivity contribution in [2.45, 2.75) is 24.6 Å². The third kappa shape index (κ3) is 5.00. The van der Waals surface area contributed by atoms with E-state index in [2.05, 4.69) is 22.5 Å². The van der Waals surface area contributed by atoms with Gasteiger partial charge in [-0.15, -0.1) is 0 Å². The Bertz CT molecular complexity index is 851. The Morgan fingerprint density at radius 1 is 1.24 bits per heavy atom. The van der Waals surface area contributed by atoms with Gasteiger partial charge in [0.25, 0.3) is 0 Å². The summed E-state index contributed by atoms with van der Waals surface area (Å²) >= 11 is 1.75.